The summed E-state index contributed by atoms with van der Waals surface area (Å²) in [6.45, 7) is 0. The summed E-state index contributed by atoms with van der Waals surface area (Å²) < 4.78 is 17.4. The Morgan fingerprint density at radius 2 is 2.46 bits per heavy atom. The maximum Gasteiger partial charge on any atom is 0.412 e. The molecule has 1 aromatic rings. The minimum absolute atomic E-state index is 0.262. The van der Waals surface area contributed by atoms with Crippen LogP contribution in [0, 0.1) is 9.39 Å². The second-order valence-corrected chi connectivity index (χ2v) is 3.26. The third kappa shape index (κ3) is 2.79. The van der Waals surface area contributed by atoms with Crippen LogP contribution < -0.4 is 5.32 Å². The Labute approximate surface area is 87.6 Å². The van der Waals surface area contributed by atoms with Crippen LogP contribution in [0.2, 0.25) is 0 Å². The molecular weight excluding hydrogens is 290 g/mol. The molecule has 1 amide bonds. The largest absolute Gasteiger partial charge is 0.453 e. The van der Waals surface area contributed by atoms with Gasteiger partial charge in [0.25, 0.3) is 0 Å². The van der Waals surface area contributed by atoms with Gasteiger partial charge in [0, 0.05) is 0 Å². The van der Waals surface area contributed by atoms with Crippen LogP contribution in [0.3, 0.4) is 0 Å². The standard InChI is InChI=1S/C7H6FIN2O2/c1-13-7(12)11-6-2-5(9)4(8)3-10-6/h2-3H,1H3,(H,10,11,12). The van der Waals surface area contributed by atoms with Gasteiger partial charge in [-0.25, -0.2) is 14.2 Å². The molecule has 0 aliphatic heterocycles. The molecule has 0 saturated carbocycles. The third-order valence-corrected chi connectivity index (χ3v) is 2.05. The molecule has 1 aromatic heterocycles. The number of nitrogens with one attached hydrogen (secondary N) is 1. The van der Waals surface area contributed by atoms with Crippen molar-refractivity contribution in [3.05, 3.63) is 21.7 Å². The van der Waals surface area contributed by atoms with Gasteiger partial charge in [-0.15, -0.1) is 0 Å². The molecule has 0 spiro atoms. The van der Waals surface area contributed by atoms with E-state index in [9.17, 15) is 9.18 Å². The summed E-state index contributed by atoms with van der Waals surface area (Å²) in [5.74, 6) is -0.159. The molecule has 0 radical (unpaired) electrons. The SMILES string of the molecule is COC(=O)Nc1cc(I)c(F)cn1. The monoisotopic (exact) mass is 296 g/mol. The number of nitrogens with zero attached hydrogens (tertiary/aromatic N) is 1. The smallest absolute Gasteiger partial charge is 0.412 e. The molecule has 0 atom stereocenters. The van der Waals surface area contributed by atoms with Crippen molar-refractivity contribution < 1.29 is 13.9 Å². The molecule has 1 rings (SSSR count). The Balaban J connectivity index is 2.79. The second-order valence-electron chi connectivity index (χ2n) is 2.10. The van der Waals surface area contributed by atoms with E-state index in [1.165, 1.54) is 13.2 Å². The van der Waals surface area contributed by atoms with Crippen molar-refractivity contribution in [3.63, 3.8) is 0 Å². The van der Waals surface area contributed by atoms with E-state index in [0.29, 0.717) is 3.57 Å². The number of carbonyl (C=O) groups is 1. The highest BCUT2D eigenvalue weighted by atomic mass is 127. The zero-order valence-electron chi connectivity index (χ0n) is 6.67. The number of pyridine rings is 1. The van der Waals surface area contributed by atoms with Gasteiger partial charge in [0.2, 0.25) is 0 Å². The molecule has 1 heterocycles. The van der Waals surface area contributed by atoms with Crippen LogP contribution in [-0.2, 0) is 4.74 Å². The van der Waals surface area contributed by atoms with Crippen LogP contribution >= 0.6 is 22.6 Å². The first kappa shape index (κ1) is 10.2. The lowest BCUT2D eigenvalue weighted by Gasteiger charge is -2.02. The first-order valence-electron chi connectivity index (χ1n) is 3.29. The Kier molecular flexibility index (Phi) is 3.40. The lowest BCUT2D eigenvalue weighted by molar-refractivity contribution is 0.187. The fraction of sp³-hybridized carbons (Fsp3) is 0.143. The zero-order chi connectivity index (χ0) is 9.84. The number of anilines is 1. The van der Waals surface area contributed by atoms with E-state index in [2.05, 4.69) is 15.0 Å². The van der Waals surface area contributed by atoms with Crippen LogP contribution in [0.25, 0.3) is 0 Å². The van der Waals surface area contributed by atoms with Crippen LogP contribution in [-0.4, -0.2) is 18.2 Å². The molecule has 6 heteroatoms. The van der Waals surface area contributed by atoms with Gasteiger partial charge in [0.05, 0.1) is 16.9 Å². The summed E-state index contributed by atoms with van der Waals surface area (Å²) in [4.78, 5) is 14.3. The molecule has 70 valence electrons. The minimum atomic E-state index is -0.630. The molecule has 0 aliphatic rings. The maximum absolute atomic E-state index is 12.7. The topological polar surface area (TPSA) is 51.2 Å². The average Bonchev–Trinajstić information content (AvgIpc) is 2.11. The summed E-state index contributed by atoms with van der Waals surface area (Å²) in [5.41, 5.74) is 0. The normalized spacial score (nSPS) is 9.46. The van der Waals surface area contributed by atoms with E-state index in [0.717, 1.165) is 6.20 Å². The van der Waals surface area contributed by atoms with E-state index >= 15 is 0 Å². The summed E-state index contributed by atoms with van der Waals surface area (Å²) in [7, 11) is 1.24. The van der Waals surface area contributed by atoms with E-state index < -0.39 is 11.9 Å². The number of halogens is 2. The Bertz CT molecular complexity index is 332. The minimum Gasteiger partial charge on any atom is -0.453 e. The van der Waals surface area contributed by atoms with Crippen molar-refractivity contribution in [2.45, 2.75) is 0 Å². The van der Waals surface area contributed by atoms with Gasteiger partial charge in [-0.1, -0.05) is 0 Å². The molecule has 13 heavy (non-hydrogen) atoms. The van der Waals surface area contributed by atoms with Crippen molar-refractivity contribution in [1.29, 1.82) is 0 Å². The van der Waals surface area contributed by atoms with Crippen LogP contribution in [0.15, 0.2) is 12.3 Å². The zero-order valence-corrected chi connectivity index (χ0v) is 8.83. The fourth-order valence-electron chi connectivity index (χ4n) is 0.638. The van der Waals surface area contributed by atoms with Gasteiger partial charge < -0.3 is 4.74 Å². The van der Waals surface area contributed by atoms with E-state index in [4.69, 9.17) is 0 Å². The van der Waals surface area contributed by atoms with Gasteiger partial charge in [-0.05, 0) is 28.7 Å². The maximum atomic E-state index is 12.7. The highest BCUT2D eigenvalue weighted by molar-refractivity contribution is 14.1. The molecule has 0 aliphatic carbocycles. The number of ether oxygens (including phenoxy) is 1. The number of hydrogen-bond donors (Lipinski definition) is 1. The molecular formula is C7H6FIN2O2. The van der Waals surface area contributed by atoms with Gasteiger partial charge in [0.1, 0.15) is 5.82 Å². The summed E-state index contributed by atoms with van der Waals surface area (Å²) in [6, 6.07) is 1.41. The third-order valence-electron chi connectivity index (χ3n) is 1.22. The van der Waals surface area contributed by atoms with Gasteiger partial charge >= 0.3 is 6.09 Å². The first-order chi connectivity index (χ1) is 6.13. The molecule has 0 saturated heterocycles. The van der Waals surface area contributed by atoms with Crippen LogP contribution in [0.4, 0.5) is 15.0 Å². The Morgan fingerprint density at radius 1 is 1.77 bits per heavy atom. The molecule has 0 bridgehead atoms. The molecule has 0 fully saturated rings. The molecule has 4 nitrogen and oxygen atoms in total. The van der Waals surface area contributed by atoms with Crippen molar-refractivity contribution in [3.8, 4) is 0 Å². The fourth-order valence-corrected chi connectivity index (χ4v) is 1.07. The second kappa shape index (κ2) is 4.35. The Morgan fingerprint density at radius 3 is 3.00 bits per heavy atom. The summed E-state index contributed by atoms with van der Waals surface area (Å²) in [6.07, 6.45) is 0.405. The van der Waals surface area contributed by atoms with E-state index in [1.54, 1.807) is 22.6 Å². The number of hydrogen-bond acceptors (Lipinski definition) is 3. The van der Waals surface area contributed by atoms with E-state index in [-0.39, 0.29) is 5.82 Å². The van der Waals surface area contributed by atoms with Crippen molar-refractivity contribution in [2.75, 3.05) is 12.4 Å². The number of rotatable bonds is 1. The predicted molar refractivity (Wildman–Crippen MR) is 52.9 cm³/mol. The molecule has 0 unspecified atom stereocenters. The summed E-state index contributed by atoms with van der Waals surface area (Å²) >= 11 is 1.80. The first-order valence-corrected chi connectivity index (χ1v) is 4.37. The van der Waals surface area contributed by atoms with Gasteiger partial charge in [0.15, 0.2) is 5.82 Å². The number of amides is 1. The average molecular weight is 296 g/mol. The highest BCUT2D eigenvalue weighted by Crippen LogP contribution is 2.13. The number of methoxy groups -OCH3 is 1. The van der Waals surface area contributed by atoms with Crippen molar-refractivity contribution in [1.82, 2.24) is 4.98 Å². The van der Waals surface area contributed by atoms with Crippen LogP contribution in [0.1, 0.15) is 0 Å². The lowest BCUT2D eigenvalue weighted by Crippen LogP contribution is -2.12. The van der Waals surface area contributed by atoms with Crippen LogP contribution in [0.5, 0.6) is 0 Å². The molecule has 0 aromatic carbocycles. The van der Waals surface area contributed by atoms with Crippen molar-refractivity contribution >= 4 is 34.5 Å². The number of aromatic nitrogens is 1. The number of carbonyl (C=O) groups excluding carboxylic acids is 1. The lowest BCUT2D eigenvalue weighted by atomic mass is 10.4. The van der Waals surface area contributed by atoms with Gasteiger partial charge in [-0.2, -0.15) is 0 Å². The molecule has 1 N–H and O–H groups in total. The predicted octanol–water partition coefficient (Wildman–Crippen LogP) is 2.00. The Hall–Kier alpha value is -0.920. The van der Waals surface area contributed by atoms with Gasteiger partial charge in [-0.3, -0.25) is 5.32 Å². The van der Waals surface area contributed by atoms with E-state index in [1.807, 2.05) is 0 Å². The summed E-state index contributed by atoms with van der Waals surface area (Å²) in [5, 5.41) is 2.32. The van der Waals surface area contributed by atoms with Crippen molar-refractivity contribution in [2.24, 2.45) is 0 Å². The quantitative estimate of drug-likeness (QED) is 0.806. The highest BCUT2D eigenvalue weighted by Gasteiger charge is 2.04.